The number of carbonyl (C=O) groups excluding carboxylic acids is 1. The van der Waals surface area contributed by atoms with Gasteiger partial charge in [0.2, 0.25) is 5.91 Å². The highest BCUT2D eigenvalue weighted by Crippen LogP contribution is 2.36. The first kappa shape index (κ1) is 24.3. The first-order valence-electron chi connectivity index (χ1n) is 11.2. The predicted molar refractivity (Wildman–Crippen MR) is 130 cm³/mol. The van der Waals surface area contributed by atoms with E-state index in [0.717, 1.165) is 39.8 Å². The number of nitrogens with two attached hydrogens (primary N) is 1. The van der Waals surface area contributed by atoms with Crippen molar-refractivity contribution in [1.29, 1.82) is 0 Å². The number of nitrogens with zero attached hydrogens (tertiary/aromatic N) is 1. The Kier molecular flexibility index (Phi) is 8.46. The quantitative estimate of drug-likeness (QED) is 0.353. The van der Waals surface area contributed by atoms with Gasteiger partial charge in [-0.3, -0.25) is 9.78 Å². The van der Waals surface area contributed by atoms with Gasteiger partial charge in [0, 0.05) is 35.6 Å². The molecule has 0 aliphatic rings. The second-order valence-electron chi connectivity index (χ2n) is 7.47. The van der Waals surface area contributed by atoms with Gasteiger partial charge in [-0.1, -0.05) is 19.1 Å². The zero-order valence-electron chi connectivity index (χ0n) is 19.4. The van der Waals surface area contributed by atoms with Gasteiger partial charge in [0.1, 0.15) is 6.04 Å². The van der Waals surface area contributed by atoms with E-state index in [-0.39, 0.29) is 5.91 Å². The second-order valence-corrected chi connectivity index (χ2v) is 7.47. The molecule has 0 fully saturated rings. The molecule has 8 nitrogen and oxygen atoms in total. The number of anilines is 2. The lowest BCUT2D eigenvalue weighted by Crippen LogP contribution is -2.42. The van der Waals surface area contributed by atoms with Crippen LogP contribution < -0.4 is 25.8 Å². The summed E-state index contributed by atoms with van der Waals surface area (Å²) in [7, 11) is 0. The maximum atomic E-state index is 12.0. The number of pyridine rings is 1. The Balaban J connectivity index is 1.94. The third-order valence-electron chi connectivity index (χ3n) is 5.29. The van der Waals surface area contributed by atoms with Crippen molar-refractivity contribution in [1.82, 2.24) is 10.3 Å². The average molecular weight is 453 g/mol. The molecule has 0 radical (unpaired) electrons. The minimum absolute atomic E-state index is 0.328. The van der Waals surface area contributed by atoms with Crippen molar-refractivity contribution < 1.29 is 19.4 Å². The monoisotopic (exact) mass is 452 g/mol. The van der Waals surface area contributed by atoms with E-state index in [2.05, 4.69) is 22.5 Å². The number of amides is 1. The van der Waals surface area contributed by atoms with E-state index in [1.165, 1.54) is 0 Å². The number of carbonyl (C=O) groups is 1. The maximum Gasteiger partial charge on any atom is 0.239 e. The van der Waals surface area contributed by atoms with Crippen molar-refractivity contribution in [3.05, 3.63) is 53.7 Å². The van der Waals surface area contributed by atoms with E-state index in [1.54, 1.807) is 6.20 Å². The molecule has 0 bridgehead atoms. The van der Waals surface area contributed by atoms with Crippen LogP contribution >= 0.6 is 0 Å². The number of aliphatic hydroxyl groups excluding tert-OH is 1. The van der Waals surface area contributed by atoms with Gasteiger partial charge in [-0.2, -0.15) is 0 Å². The molecule has 0 spiro atoms. The number of benzene rings is 2. The lowest BCUT2D eigenvalue weighted by atomic mass is 10.0. The van der Waals surface area contributed by atoms with E-state index >= 15 is 0 Å². The molecule has 1 atom stereocenters. The number of ether oxygens (including phenoxy) is 2. The predicted octanol–water partition coefficient (Wildman–Crippen LogP) is 3.27. The zero-order valence-corrected chi connectivity index (χ0v) is 19.4. The highest BCUT2D eigenvalue weighted by Gasteiger charge is 2.15. The Morgan fingerprint density at radius 1 is 1.09 bits per heavy atom. The smallest absolute Gasteiger partial charge is 0.239 e. The van der Waals surface area contributed by atoms with Gasteiger partial charge in [-0.25, -0.2) is 0 Å². The lowest BCUT2D eigenvalue weighted by Gasteiger charge is -2.18. The molecule has 1 amide bonds. The van der Waals surface area contributed by atoms with Crippen LogP contribution in [0.2, 0.25) is 0 Å². The maximum absolute atomic E-state index is 12.0. The molecule has 0 saturated heterocycles. The number of aliphatic hydroxyl groups is 1. The van der Waals surface area contributed by atoms with Crippen LogP contribution in [0.25, 0.3) is 10.9 Å². The first-order chi connectivity index (χ1) is 16.0. The Morgan fingerprint density at radius 2 is 1.82 bits per heavy atom. The van der Waals surface area contributed by atoms with Crippen LogP contribution in [0.5, 0.6) is 11.5 Å². The molecule has 0 aliphatic heterocycles. The van der Waals surface area contributed by atoms with Crippen LogP contribution in [0.15, 0.2) is 42.6 Å². The SMILES string of the molecule is CCOc1cc2nccc(Nc3cccc(CNC(=O)[C@H](N)CO)c3CC)c2cc1OCC. The fourth-order valence-electron chi connectivity index (χ4n) is 3.68. The van der Waals surface area contributed by atoms with E-state index in [1.807, 2.05) is 50.2 Å². The summed E-state index contributed by atoms with van der Waals surface area (Å²) in [5, 5.41) is 16.3. The molecule has 0 unspecified atom stereocenters. The molecular formula is C25H32N4O4. The molecule has 2 aromatic carbocycles. The third kappa shape index (κ3) is 5.71. The van der Waals surface area contributed by atoms with Gasteiger partial charge in [-0.05, 0) is 49.6 Å². The largest absolute Gasteiger partial charge is 0.490 e. The molecule has 1 aromatic heterocycles. The van der Waals surface area contributed by atoms with Crippen molar-refractivity contribution in [2.24, 2.45) is 5.73 Å². The van der Waals surface area contributed by atoms with Crippen molar-refractivity contribution in [3.63, 3.8) is 0 Å². The van der Waals surface area contributed by atoms with Crippen LogP contribution in [0.4, 0.5) is 11.4 Å². The minimum Gasteiger partial charge on any atom is -0.490 e. The molecule has 176 valence electrons. The van der Waals surface area contributed by atoms with Crippen molar-refractivity contribution in [2.75, 3.05) is 25.1 Å². The minimum atomic E-state index is -0.930. The van der Waals surface area contributed by atoms with Gasteiger partial charge in [0.15, 0.2) is 11.5 Å². The molecule has 5 N–H and O–H groups in total. The number of hydrogen-bond acceptors (Lipinski definition) is 7. The van der Waals surface area contributed by atoms with E-state index < -0.39 is 12.6 Å². The van der Waals surface area contributed by atoms with E-state index in [9.17, 15) is 4.79 Å². The molecule has 0 saturated carbocycles. The fraction of sp³-hybridized carbons (Fsp3) is 0.360. The molecule has 0 aliphatic carbocycles. The summed E-state index contributed by atoms with van der Waals surface area (Å²) in [5.74, 6) is 0.964. The summed E-state index contributed by atoms with van der Waals surface area (Å²) in [6.07, 6.45) is 2.52. The number of hydrogen-bond donors (Lipinski definition) is 4. The van der Waals surface area contributed by atoms with Crippen LogP contribution in [-0.4, -0.2) is 41.9 Å². The summed E-state index contributed by atoms with van der Waals surface area (Å²) >= 11 is 0. The van der Waals surface area contributed by atoms with Crippen molar-refractivity contribution >= 4 is 28.2 Å². The second kappa shape index (κ2) is 11.5. The van der Waals surface area contributed by atoms with Gasteiger partial charge in [0.25, 0.3) is 0 Å². The summed E-state index contributed by atoms with van der Waals surface area (Å²) in [4.78, 5) is 16.5. The molecular weight excluding hydrogens is 420 g/mol. The summed E-state index contributed by atoms with van der Waals surface area (Å²) in [6.45, 7) is 6.94. The van der Waals surface area contributed by atoms with Crippen LogP contribution in [0.1, 0.15) is 31.9 Å². The van der Waals surface area contributed by atoms with Gasteiger partial charge in [-0.15, -0.1) is 0 Å². The van der Waals surface area contributed by atoms with E-state index in [4.69, 9.17) is 20.3 Å². The first-order valence-corrected chi connectivity index (χ1v) is 11.2. The molecule has 3 aromatic rings. The number of rotatable bonds is 11. The van der Waals surface area contributed by atoms with Gasteiger partial charge in [0.05, 0.1) is 25.3 Å². The highest BCUT2D eigenvalue weighted by molar-refractivity contribution is 5.95. The Hall–Kier alpha value is -3.36. The summed E-state index contributed by atoms with van der Waals surface area (Å²) in [6, 6.07) is 10.8. The number of nitrogens with one attached hydrogen (secondary N) is 2. The van der Waals surface area contributed by atoms with Gasteiger partial charge < -0.3 is 30.9 Å². The van der Waals surface area contributed by atoms with Crippen LogP contribution in [0, 0.1) is 0 Å². The Bertz CT molecular complexity index is 1100. The van der Waals surface area contributed by atoms with Crippen LogP contribution in [0.3, 0.4) is 0 Å². The van der Waals surface area contributed by atoms with E-state index in [0.29, 0.717) is 31.3 Å². The standard InChI is InChI=1S/C25H32N4O4/c1-4-17-16(14-28-25(31)19(26)15-30)8-7-9-20(17)29-21-10-11-27-22-13-24(33-6-3)23(32-5-2)12-18(21)22/h7-13,19,30H,4-6,14-15,26H2,1-3H3,(H,27,29)(H,28,31)/t19-/m1/s1. The van der Waals surface area contributed by atoms with Crippen LogP contribution in [-0.2, 0) is 17.8 Å². The topological polar surface area (TPSA) is 119 Å². The molecule has 33 heavy (non-hydrogen) atoms. The molecule has 3 rings (SSSR count). The number of fused-ring (bicyclic) bond motifs is 1. The highest BCUT2D eigenvalue weighted by atomic mass is 16.5. The number of aromatic nitrogens is 1. The Labute approximate surface area is 194 Å². The summed E-state index contributed by atoms with van der Waals surface area (Å²) < 4.78 is 11.5. The third-order valence-corrected chi connectivity index (χ3v) is 5.29. The Morgan fingerprint density at radius 3 is 2.48 bits per heavy atom. The lowest BCUT2D eigenvalue weighted by molar-refractivity contribution is -0.123. The van der Waals surface area contributed by atoms with Gasteiger partial charge >= 0.3 is 0 Å². The van der Waals surface area contributed by atoms with Crippen molar-refractivity contribution in [2.45, 2.75) is 39.8 Å². The summed E-state index contributed by atoms with van der Waals surface area (Å²) in [5.41, 5.74) is 10.3. The molecule has 1 heterocycles. The average Bonchev–Trinajstić information content (AvgIpc) is 2.83. The fourth-order valence-corrected chi connectivity index (χ4v) is 3.68. The zero-order chi connectivity index (χ0) is 23.8. The molecule has 8 heteroatoms. The van der Waals surface area contributed by atoms with Crippen molar-refractivity contribution in [3.8, 4) is 11.5 Å². The normalized spacial score (nSPS) is 11.8.